The SMILES string of the molecule is Cc1ccc(C)c2sc(N(Cc3ccccn3)C(=O)c3ccc(S(=O)(=O)N4CCCc5ccccc54)cc3)nc12. The molecule has 0 saturated heterocycles. The van der Waals surface area contributed by atoms with Gasteiger partial charge in [-0.25, -0.2) is 13.4 Å². The van der Waals surface area contributed by atoms with Crippen molar-refractivity contribution in [1.29, 1.82) is 0 Å². The average molecular weight is 569 g/mol. The molecule has 1 aliphatic rings. The van der Waals surface area contributed by atoms with E-state index in [1.165, 1.54) is 27.8 Å². The van der Waals surface area contributed by atoms with Crippen LogP contribution in [-0.2, 0) is 23.0 Å². The highest BCUT2D eigenvalue weighted by molar-refractivity contribution is 7.92. The monoisotopic (exact) mass is 568 g/mol. The van der Waals surface area contributed by atoms with Crippen LogP contribution >= 0.6 is 11.3 Å². The molecule has 0 saturated carbocycles. The first-order chi connectivity index (χ1) is 19.3. The van der Waals surface area contributed by atoms with Gasteiger partial charge in [0.15, 0.2) is 5.13 Å². The summed E-state index contributed by atoms with van der Waals surface area (Å²) in [5.41, 5.74) is 5.87. The van der Waals surface area contributed by atoms with Crippen molar-refractivity contribution in [3.8, 4) is 0 Å². The first-order valence-electron chi connectivity index (χ1n) is 13.1. The van der Waals surface area contributed by atoms with E-state index in [4.69, 9.17) is 4.98 Å². The van der Waals surface area contributed by atoms with Gasteiger partial charge in [0.25, 0.3) is 15.9 Å². The van der Waals surface area contributed by atoms with Gasteiger partial charge in [-0.1, -0.05) is 47.7 Å². The number of nitrogens with zero attached hydrogens (tertiary/aromatic N) is 4. The minimum Gasteiger partial charge on any atom is -0.278 e. The Morgan fingerprint density at radius 2 is 1.70 bits per heavy atom. The Labute approximate surface area is 237 Å². The molecule has 0 N–H and O–H groups in total. The Kier molecular flexibility index (Phi) is 6.85. The van der Waals surface area contributed by atoms with Crippen molar-refractivity contribution in [2.24, 2.45) is 0 Å². The molecule has 7 nitrogen and oxygen atoms in total. The zero-order valence-electron chi connectivity index (χ0n) is 22.2. The Morgan fingerprint density at radius 1 is 0.950 bits per heavy atom. The molecule has 1 amide bonds. The molecule has 3 heterocycles. The van der Waals surface area contributed by atoms with Gasteiger partial charge in [-0.2, -0.15) is 0 Å². The van der Waals surface area contributed by atoms with Gasteiger partial charge in [0.2, 0.25) is 0 Å². The highest BCUT2D eigenvalue weighted by Crippen LogP contribution is 2.35. The molecule has 9 heteroatoms. The number of hydrogen-bond donors (Lipinski definition) is 0. The number of hydrogen-bond acceptors (Lipinski definition) is 6. The number of thiazole rings is 1. The van der Waals surface area contributed by atoms with Gasteiger partial charge in [-0.05, 0) is 85.8 Å². The summed E-state index contributed by atoms with van der Waals surface area (Å²) in [6.45, 7) is 4.71. The molecular formula is C31H28N4O3S2. The largest absolute Gasteiger partial charge is 0.278 e. The second kappa shape index (κ2) is 10.5. The topological polar surface area (TPSA) is 83.5 Å². The van der Waals surface area contributed by atoms with Crippen LogP contribution in [-0.4, -0.2) is 30.8 Å². The van der Waals surface area contributed by atoms with E-state index in [0.29, 0.717) is 17.2 Å². The van der Waals surface area contributed by atoms with Gasteiger partial charge < -0.3 is 0 Å². The summed E-state index contributed by atoms with van der Waals surface area (Å²) in [4.78, 5) is 25.0. The average Bonchev–Trinajstić information content (AvgIpc) is 3.44. The smallest absolute Gasteiger partial charge is 0.264 e. The van der Waals surface area contributed by atoms with Crippen LogP contribution < -0.4 is 9.21 Å². The summed E-state index contributed by atoms with van der Waals surface area (Å²) >= 11 is 1.47. The second-order valence-corrected chi connectivity index (χ2v) is 12.8. The predicted molar refractivity (Wildman–Crippen MR) is 160 cm³/mol. The van der Waals surface area contributed by atoms with Crippen molar-refractivity contribution >= 4 is 48.3 Å². The summed E-state index contributed by atoms with van der Waals surface area (Å²) in [5.74, 6) is -0.271. The molecule has 2 aromatic heterocycles. The highest BCUT2D eigenvalue weighted by atomic mass is 32.2. The van der Waals surface area contributed by atoms with E-state index >= 15 is 0 Å². The maximum absolute atomic E-state index is 13.9. The summed E-state index contributed by atoms with van der Waals surface area (Å²) in [6, 6.07) is 23.5. The van der Waals surface area contributed by atoms with E-state index in [2.05, 4.69) is 11.1 Å². The van der Waals surface area contributed by atoms with Crippen LogP contribution in [0.15, 0.2) is 90.0 Å². The first kappa shape index (κ1) is 26.2. The summed E-state index contributed by atoms with van der Waals surface area (Å²) < 4.78 is 29.7. The lowest BCUT2D eigenvalue weighted by Crippen LogP contribution is -2.35. The number of pyridine rings is 1. The molecule has 0 radical (unpaired) electrons. The fraction of sp³-hybridized carbons (Fsp3) is 0.194. The number of fused-ring (bicyclic) bond motifs is 2. The maximum atomic E-state index is 13.9. The molecule has 0 spiro atoms. The molecule has 0 fully saturated rings. The van der Waals surface area contributed by atoms with Crippen LogP contribution in [0.3, 0.4) is 0 Å². The number of benzene rings is 3. The van der Waals surface area contributed by atoms with E-state index in [9.17, 15) is 13.2 Å². The zero-order valence-corrected chi connectivity index (χ0v) is 23.9. The van der Waals surface area contributed by atoms with Crippen LogP contribution in [0.4, 0.5) is 10.8 Å². The number of anilines is 2. The maximum Gasteiger partial charge on any atom is 0.264 e. The third-order valence-corrected chi connectivity index (χ3v) is 10.3. The lowest BCUT2D eigenvalue weighted by Gasteiger charge is -2.30. The fourth-order valence-corrected chi connectivity index (χ4v) is 7.70. The molecule has 0 atom stereocenters. The number of carbonyl (C=O) groups excluding carboxylic acids is 1. The number of aromatic nitrogens is 2. The number of aryl methyl sites for hydroxylation is 3. The lowest BCUT2D eigenvalue weighted by atomic mass is 10.0. The predicted octanol–water partition coefficient (Wildman–Crippen LogP) is 6.30. The van der Waals surface area contributed by atoms with Crippen molar-refractivity contribution in [3.05, 3.63) is 113 Å². The van der Waals surface area contributed by atoms with Gasteiger partial charge in [0, 0.05) is 18.3 Å². The Balaban J connectivity index is 1.35. The number of carbonyl (C=O) groups is 1. The second-order valence-electron chi connectivity index (χ2n) is 9.92. The van der Waals surface area contributed by atoms with Gasteiger partial charge in [-0.3, -0.25) is 19.0 Å². The molecule has 3 aromatic carbocycles. The standard InChI is InChI=1S/C31H28N4O3S2/c1-21-12-13-22(2)29-28(21)33-31(39-29)34(20-25-10-5-6-18-32-25)30(36)24-14-16-26(17-15-24)40(37,38)35-19-7-9-23-8-3-4-11-27(23)35/h3-6,8,10-18H,7,9,19-20H2,1-2H3. The Hall–Kier alpha value is -4.08. The lowest BCUT2D eigenvalue weighted by molar-refractivity contribution is 0.0984. The summed E-state index contributed by atoms with van der Waals surface area (Å²) in [5, 5.41) is 0.574. The first-order valence-corrected chi connectivity index (χ1v) is 15.4. The van der Waals surface area contributed by atoms with E-state index in [0.717, 1.165) is 51.1 Å². The van der Waals surface area contributed by atoms with Gasteiger partial charge in [0.05, 0.1) is 33.0 Å². The van der Waals surface area contributed by atoms with Gasteiger partial charge in [-0.15, -0.1) is 0 Å². The van der Waals surface area contributed by atoms with Crippen molar-refractivity contribution < 1.29 is 13.2 Å². The van der Waals surface area contributed by atoms with Crippen LogP contribution in [0.25, 0.3) is 10.2 Å². The summed E-state index contributed by atoms with van der Waals surface area (Å²) in [6.07, 6.45) is 3.31. The van der Waals surface area contributed by atoms with E-state index < -0.39 is 10.0 Å². The van der Waals surface area contributed by atoms with Crippen molar-refractivity contribution in [3.63, 3.8) is 0 Å². The van der Waals surface area contributed by atoms with Gasteiger partial charge in [0.1, 0.15) is 0 Å². The number of rotatable bonds is 6. The number of para-hydroxylation sites is 1. The third kappa shape index (κ3) is 4.76. The van der Waals surface area contributed by atoms with Crippen molar-refractivity contribution in [2.45, 2.75) is 38.1 Å². The molecule has 40 heavy (non-hydrogen) atoms. The molecule has 0 unspecified atom stereocenters. The minimum absolute atomic E-state index is 0.156. The molecule has 202 valence electrons. The van der Waals surface area contributed by atoms with E-state index in [-0.39, 0.29) is 17.3 Å². The number of amides is 1. The molecule has 0 bridgehead atoms. The highest BCUT2D eigenvalue weighted by Gasteiger charge is 2.30. The van der Waals surface area contributed by atoms with E-state index in [1.807, 2.05) is 62.4 Å². The quantitative estimate of drug-likeness (QED) is 0.240. The van der Waals surface area contributed by atoms with Crippen molar-refractivity contribution in [2.75, 3.05) is 15.7 Å². The van der Waals surface area contributed by atoms with Gasteiger partial charge >= 0.3 is 0 Å². The molecule has 6 rings (SSSR count). The van der Waals surface area contributed by atoms with Crippen LogP contribution in [0.1, 0.15) is 39.2 Å². The Morgan fingerprint density at radius 3 is 2.45 bits per heavy atom. The number of sulfonamides is 1. The van der Waals surface area contributed by atoms with Crippen LogP contribution in [0.2, 0.25) is 0 Å². The fourth-order valence-electron chi connectivity index (χ4n) is 5.04. The summed E-state index contributed by atoms with van der Waals surface area (Å²) in [7, 11) is -3.78. The van der Waals surface area contributed by atoms with Crippen molar-refractivity contribution in [1.82, 2.24) is 9.97 Å². The minimum atomic E-state index is -3.78. The zero-order chi connectivity index (χ0) is 27.9. The molecular weight excluding hydrogens is 541 g/mol. The molecule has 0 aliphatic carbocycles. The van der Waals surface area contributed by atoms with Crippen LogP contribution in [0, 0.1) is 13.8 Å². The normalized spacial score (nSPS) is 13.3. The van der Waals surface area contributed by atoms with E-state index in [1.54, 1.807) is 23.2 Å². The Bertz CT molecular complexity index is 1780. The van der Waals surface area contributed by atoms with Crippen LogP contribution in [0.5, 0.6) is 0 Å². The molecule has 5 aromatic rings. The third-order valence-electron chi connectivity index (χ3n) is 7.21. The molecule has 1 aliphatic heterocycles.